The number of nitrogens with zero attached hydrogens (tertiary/aromatic N) is 2. The van der Waals surface area contributed by atoms with Crippen molar-refractivity contribution in [2.45, 2.75) is 64.2 Å². The number of pyridine rings is 2. The molecule has 8 rings (SSSR count). The molecule has 2 aromatic heterocycles. The standard InChI is InChI=1S/C50H44N2.Ir/c1-36-32-38(14-13-37-15-17-41(18-16-37)48-12-6-9-30-51-48)34-44(33-36)47-11-5-4-10-46(47)40-19-21-42(22-20-40)49-35-43(27-31-52-49)39-23-25-45(26-24-39)50(2)28-7-3-8-29-50;/h4-6,9-12,15-17,19-21,23-27,30-35H,3,7-8,13-14,28-29H2,1-2H3;/q-2;/i23D,24D,25D,26D;. The minimum absolute atomic E-state index is 0. The molecule has 5 aromatic carbocycles. The predicted octanol–water partition coefficient (Wildman–Crippen LogP) is 12.7. The molecule has 0 spiro atoms. The van der Waals surface area contributed by atoms with Crippen LogP contribution in [0.3, 0.4) is 0 Å². The Balaban J connectivity index is 0.00000496. The van der Waals surface area contributed by atoms with Crippen molar-refractivity contribution in [1.82, 2.24) is 9.97 Å². The summed E-state index contributed by atoms with van der Waals surface area (Å²) >= 11 is 0. The van der Waals surface area contributed by atoms with Gasteiger partial charge in [0.15, 0.2) is 0 Å². The van der Waals surface area contributed by atoms with Gasteiger partial charge in [-0.15, -0.1) is 65.2 Å². The van der Waals surface area contributed by atoms with Crippen molar-refractivity contribution in [3.8, 4) is 55.9 Å². The van der Waals surface area contributed by atoms with Gasteiger partial charge in [0.1, 0.15) is 0 Å². The first kappa shape index (κ1) is 31.6. The summed E-state index contributed by atoms with van der Waals surface area (Å²) in [5, 5.41) is 0. The quantitative estimate of drug-likeness (QED) is 0.135. The molecule has 2 nitrogen and oxygen atoms in total. The number of hydrogen-bond donors (Lipinski definition) is 0. The molecule has 265 valence electrons. The molecule has 1 fully saturated rings. The second-order valence-corrected chi connectivity index (χ2v) is 14.4. The van der Waals surface area contributed by atoms with Gasteiger partial charge in [-0.1, -0.05) is 134 Å². The second-order valence-electron chi connectivity index (χ2n) is 14.4. The second kappa shape index (κ2) is 16.4. The number of benzene rings is 5. The normalized spacial score (nSPS) is 14.7. The van der Waals surface area contributed by atoms with E-state index in [-0.39, 0.29) is 49.7 Å². The van der Waals surface area contributed by atoms with Gasteiger partial charge in [0.2, 0.25) is 0 Å². The van der Waals surface area contributed by atoms with Gasteiger partial charge < -0.3 is 9.97 Å². The van der Waals surface area contributed by atoms with Crippen molar-refractivity contribution < 1.29 is 25.6 Å². The van der Waals surface area contributed by atoms with Crippen molar-refractivity contribution in [3.63, 3.8) is 0 Å². The zero-order valence-electron chi connectivity index (χ0n) is 34.2. The van der Waals surface area contributed by atoms with E-state index in [0.717, 1.165) is 78.5 Å². The Labute approximate surface area is 334 Å². The van der Waals surface area contributed by atoms with Gasteiger partial charge in [0, 0.05) is 32.5 Å². The van der Waals surface area contributed by atoms with Crippen molar-refractivity contribution in [2.24, 2.45) is 0 Å². The maximum Gasteiger partial charge on any atom is 0.0629 e. The zero-order chi connectivity index (χ0) is 38.8. The third kappa shape index (κ3) is 8.33. The average molecular weight is 869 g/mol. The molecule has 1 aliphatic carbocycles. The van der Waals surface area contributed by atoms with Crippen LogP contribution >= 0.6 is 0 Å². The van der Waals surface area contributed by atoms with Crippen molar-refractivity contribution >= 4 is 0 Å². The fraction of sp³-hybridized carbons (Fsp3) is 0.200. The number of rotatable bonds is 9. The molecule has 3 heteroatoms. The Bertz CT molecular complexity index is 2480. The Morgan fingerprint density at radius 3 is 2.02 bits per heavy atom. The number of aromatic nitrogens is 2. The van der Waals surface area contributed by atoms with E-state index in [9.17, 15) is 0 Å². The third-order valence-corrected chi connectivity index (χ3v) is 10.5. The minimum Gasteiger partial charge on any atom is -0.305 e. The van der Waals surface area contributed by atoms with E-state index in [1.165, 1.54) is 22.3 Å². The van der Waals surface area contributed by atoms with Crippen molar-refractivity contribution in [1.29, 1.82) is 0 Å². The van der Waals surface area contributed by atoms with Gasteiger partial charge in [-0.25, -0.2) is 0 Å². The van der Waals surface area contributed by atoms with Gasteiger partial charge in [-0.05, 0) is 88.5 Å². The monoisotopic (exact) mass is 869 g/mol. The van der Waals surface area contributed by atoms with E-state index < -0.39 is 0 Å². The van der Waals surface area contributed by atoms with Crippen LogP contribution in [0.4, 0.5) is 0 Å². The summed E-state index contributed by atoms with van der Waals surface area (Å²) in [7, 11) is 0. The SMILES string of the molecule is [2H]c1c([2H])c(C2(C)CCCCC2)c([2H])c([2H])c1-c1ccnc(-c2[c-]cc(-c3ccccc3-c3cc(C)cc(CCc4c[c-]c(-c5ccccn5)cc4)c3)cc2)c1.[Ir]. The van der Waals surface area contributed by atoms with Crippen LogP contribution in [0.1, 0.15) is 66.8 Å². The van der Waals surface area contributed by atoms with E-state index in [4.69, 9.17) is 5.48 Å². The van der Waals surface area contributed by atoms with E-state index in [0.29, 0.717) is 22.4 Å². The first-order valence-corrected chi connectivity index (χ1v) is 18.4. The summed E-state index contributed by atoms with van der Waals surface area (Å²) in [4.78, 5) is 9.08. The summed E-state index contributed by atoms with van der Waals surface area (Å²) in [5.74, 6) is 0. The summed E-state index contributed by atoms with van der Waals surface area (Å²) < 4.78 is 36.0. The first-order chi connectivity index (χ1) is 27.2. The summed E-state index contributed by atoms with van der Waals surface area (Å²) in [6.45, 7) is 4.26. The number of aryl methyl sites for hydroxylation is 3. The van der Waals surface area contributed by atoms with E-state index in [1.54, 1.807) is 12.3 Å². The molecule has 53 heavy (non-hydrogen) atoms. The van der Waals surface area contributed by atoms with Crippen LogP contribution < -0.4 is 0 Å². The Morgan fingerprint density at radius 2 is 1.30 bits per heavy atom. The van der Waals surface area contributed by atoms with Gasteiger partial charge in [0.05, 0.1) is 5.48 Å². The smallest absolute Gasteiger partial charge is 0.0629 e. The molecule has 1 radical (unpaired) electrons. The molecule has 1 saturated carbocycles. The topological polar surface area (TPSA) is 25.8 Å². The molecule has 0 unspecified atom stereocenters. The molecule has 0 bridgehead atoms. The van der Waals surface area contributed by atoms with Crippen LogP contribution in [-0.2, 0) is 38.4 Å². The van der Waals surface area contributed by atoms with E-state index in [2.05, 4.69) is 103 Å². The maximum atomic E-state index is 9.01. The van der Waals surface area contributed by atoms with Crippen LogP contribution in [-0.4, -0.2) is 9.97 Å². The fourth-order valence-electron chi connectivity index (χ4n) is 7.56. The molecule has 0 atom stereocenters. The van der Waals surface area contributed by atoms with Crippen LogP contribution in [0.25, 0.3) is 55.9 Å². The third-order valence-electron chi connectivity index (χ3n) is 10.5. The molecule has 7 aromatic rings. The Kier molecular flexibility index (Phi) is 9.75. The molecule has 2 heterocycles. The van der Waals surface area contributed by atoms with Crippen molar-refractivity contribution in [3.05, 3.63) is 180 Å². The number of hydrogen-bond acceptors (Lipinski definition) is 2. The Morgan fingerprint density at radius 1 is 0.604 bits per heavy atom. The molecule has 0 aliphatic heterocycles. The van der Waals surface area contributed by atoms with Gasteiger partial charge in [0.25, 0.3) is 0 Å². The maximum absolute atomic E-state index is 9.01. The molecule has 0 saturated heterocycles. The van der Waals surface area contributed by atoms with Gasteiger partial charge in [-0.3, -0.25) is 0 Å². The van der Waals surface area contributed by atoms with Crippen LogP contribution in [0, 0.1) is 19.1 Å². The van der Waals surface area contributed by atoms with E-state index >= 15 is 0 Å². The van der Waals surface area contributed by atoms with Crippen molar-refractivity contribution in [2.75, 3.05) is 0 Å². The molecule has 0 N–H and O–H groups in total. The van der Waals surface area contributed by atoms with Crippen LogP contribution in [0.5, 0.6) is 0 Å². The molecule has 1 aliphatic rings. The summed E-state index contributed by atoms with van der Waals surface area (Å²) in [6, 6.07) is 44.4. The fourth-order valence-corrected chi connectivity index (χ4v) is 7.56. The molecule has 0 amide bonds. The van der Waals surface area contributed by atoms with E-state index in [1.807, 2.05) is 42.6 Å². The largest absolute Gasteiger partial charge is 0.305 e. The minimum atomic E-state index is -0.342. The van der Waals surface area contributed by atoms with Gasteiger partial charge >= 0.3 is 0 Å². The summed E-state index contributed by atoms with van der Waals surface area (Å²) in [6.07, 6.45) is 10.3. The molecular weight excluding hydrogens is 821 g/mol. The Hall–Kier alpha value is -4.95. The molecular formula is C50H44IrN2-2. The van der Waals surface area contributed by atoms with Crippen LogP contribution in [0.2, 0.25) is 0 Å². The average Bonchev–Trinajstić information content (AvgIpc) is 3.23. The zero-order valence-corrected chi connectivity index (χ0v) is 32.6. The van der Waals surface area contributed by atoms with Crippen LogP contribution in [0.15, 0.2) is 146 Å². The summed E-state index contributed by atoms with van der Waals surface area (Å²) in [5.41, 5.74) is 12.8. The first-order valence-electron chi connectivity index (χ1n) is 20.4. The predicted molar refractivity (Wildman–Crippen MR) is 216 cm³/mol. The van der Waals surface area contributed by atoms with Gasteiger partial charge in [-0.2, -0.15) is 0 Å².